The highest BCUT2D eigenvalue weighted by Gasteiger charge is 2.62. The van der Waals surface area contributed by atoms with E-state index in [0.29, 0.717) is 151 Å². The molecule has 24 bridgehead atoms. The Kier molecular flexibility index (Phi) is 36.3. The second-order valence-electron chi connectivity index (χ2n) is 42.5. The number of halogens is 6. The largest absolute Gasteiger partial charge is 0.462 e. The molecule has 24 rings (SSSR count). The van der Waals surface area contributed by atoms with Crippen LogP contribution in [0.25, 0.3) is 0 Å². The Balaban J connectivity index is 0.000000140. The Morgan fingerprint density at radius 2 is 0.493 bits per heavy atom. The van der Waals surface area contributed by atoms with E-state index in [4.69, 9.17) is 155 Å². The molecule has 0 aromatic carbocycles. The molecule has 0 N–H and O–H groups in total. The first-order valence-corrected chi connectivity index (χ1v) is 52.8. The van der Waals surface area contributed by atoms with Gasteiger partial charge in [0.25, 0.3) is 0 Å². The van der Waals surface area contributed by atoms with E-state index in [0.717, 1.165) is 116 Å². The Hall–Kier alpha value is -6.33. The van der Waals surface area contributed by atoms with Crippen LogP contribution in [-0.4, -0.2) is 229 Å². The van der Waals surface area contributed by atoms with E-state index < -0.39 is 157 Å². The van der Waals surface area contributed by atoms with E-state index in [1.165, 1.54) is 13.8 Å². The van der Waals surface area contributed by atoms with E-state index in [-0.39, 0.29) is 108 Å². The zero-order valence-electron chi connectivity index (χ0n) is 81.0. The van der Waals surface area contributed by atoms with Crippen LogP contribution in [0.4, 0.5) is 0 Å². The van der Waals surface area contributed by atoms with Crippen LogP contribution in [0.3, 0.4) is 0 Å². The molecule has 39 heteroatoms. The first kappa shape index (κ1) is 109. The van der Waals surface area contributed by atoms with Crippen LogP contribution in [0.15, 0.2) is 0 Å². The standard InChI is InChI=1S/C18H25ClO6.2C17H23ClO6.2C16H23ClO5.C15H21ClO5/c1-3-13(19)16(21)24-14(4-2)17(22)25-18-7-10-5-11(8-18)15(20)23-12(6-10)9-18;1-3-13(18)16(21)22-9(2)14(19)24-17-6-10-4-11(7-17)15(20)23-12(5-10)8-17;1-3-13(23-14(19)9(2)18)16(21)24-17-6-10-4-11(7-17)15(20)22-12(5-10)8-17;1-3-13(17)15(19)20-9(2)22-16-6-10-4-11(7-16)14(18)21-12(5-10)8-16;1-3-13(21-14(18)9(2)17)22-16-6-10-4-11(7-16)15(19)20-12(5-10)8-16;1-8(16)13(17)19-9(2)21-15-5-10-3-11(6-15)14(18)20-12(4-10)7-15/h10-14H,3-9H2,1-2H3;2*9-13H,3-8H2,1-2H3;2*9-13H,3-8H2,1-2H3;8-12H,3-7H2,1-2H3. The summed E-state index contributed by atoms with van der Waals surface area (Å²) in [4.78, 5) is 180. The van der Waals surface area contributed by atoms with Gasteiger partial charge in [0, 0.05) is 64.2 Å². The molecular weight excluding hydrogens is 1930 g/mol. The van der Waals surface area contributed by atoms with Crippen LogP contribution in [0.2, 0.25) is 0 Å². The fourth-order valence-corrected chi connectivity index (χ4v) is 26.0. The number of fused-ring (bicyclic) bond motifs is 6. The summed E-state index contributed by atoms with van der Waals surface area (Å²) in [5.41, 5.74) is -3.24. The molecule has 12 saturated carbocycles. The van der Waals surface area contributed by atoms with Gasteiger partial charge in [0.15, 0.2) is 18.3 Å². The van der Waals surface area contributed by atoms with Crippen molar-refractivity contribution in [3.63, 3.8) is 0 Å². The smallest absolute Gasteiger partial charge is 0.347 e. The Labute approximate surface area is 836 Å². The molecule has 138 heavy (non-hydrogen) atoms. The third-order valence-corrected chi connectivity index (χ3v) is 32.8. The van der Waals surface area contributed by atoms with E-state index in [2.05, 4.69) is 0 Å². The van der Waals surface area contributed by atoms with Gasteiger partial charge in [-0.2, -0.15) is 0 Å². The molecule has 0 radical (unpaired) electrons. The van der Waals surface area contributed by atoms with Gasteiger partial charge in [-0.1, -0.05) is 41.5 Å². The van der Waals surface area contributed by atoms with Gasteiger partial charge in [0.05, 0.1) is 52.3 Å². The highest BCUT2D eigenvalue weighted by molar-refractivity contribution is 6.31. The maximum Gasteiger partial charge on any atom is 0.347 e. The summed E-state index contributed by atoms with van der Waals surface area (Å²) in [5, 5.41) is -4.39. The predicted octanol–water partition coefficient (Wildman–Crippen LogP) is 15.4. The molecule has 0 aromatic rings. The average Bonchev–Trinajstić information content (AvgIpc) is 1.63. The van der Waals surface area contributed by atoms with Crippen LogP contribution in [0.5, 0.6) is 0 Å². The Morgan fingerprint density at radius 3 is 0.775 bits per heavy atom. The molecule has 33 nitrogen and oxygen atoms in total. The van der Waals surface area contributed by atoms with Gasteiger partial charge >= 0.3 is 89.5 Å². The summed E-state index contributed by atoms with van der Waals surface area (Å²) in [6, 6.07) is 0. The molecule has 774 valence electrons. The molecule has 36 unspecified atom stereocenters. The first-order valence-electron chi connectivity index (χ1n) is 50.2. The molecule has 12 saturated heterocycles. The van der Waals surface area contributed by atoms with Crippen LogP contribution >= 0.6 is 69.6 Å². The SMILES string of the molecule is CC(OC(=O)C(C)Cl)OC12CC3CC(C1)OC(=O)C(C3)C2.CCC(Cl)C(=O)OC(C)C(=O)OC12CC3CC(C1)OC(=O)C(C3)C2.CCC(Cl)C(=O)OC(C)OC12CC3CC(C1)OC(=O)C(C3)C2.CCC(Cl)C(=O)OC(CC)C(=O)OC12CC3CC(C1)OC(=O)C(C3)C2.CCC(OC(=O)C(C)Cl)C(=O)OC12CC3CC(C1)OC(=O)C(C3)C2.CCC(OC(=O)C(C)Cl)OC12CC3CC(C1)OC(=O)C(C3)C2. The number of esters is 15. The summed E-state index contributed by atoms with van der Waals surface area (Å²) in [5.74, 6) is -4.17. The molecule has 0 amide bonds. The molecule has 12 heterocycles. The molecule has 12 aliphatic carbocycles. The van der Waals surface area contributed by atoms with E-state index in [1.807, 2.05) is 13.8 Å². The molecule has 24 fully saturated rings. The quantitative estimate of drug-likeness (QED) is 0.0279. The highest BCUT2D eigenvalue weighted by Crippen LogP contribution is 2.59. The maximum absolute atomic E-state index is 12.6. The number of alkyl halides is 6. The van der Waals surface area contributed by atoms with E-state index in [9.17, 15) is 71.9 Å². The number of hydrogen-bond acceptors (Lipinski definition) is 33. The number of ether oxygens (including phenoxy) is 18. The van der Waals surface area contributed by atoms with Gasteiger partial charge in [-0.05, 0) is 244 Å². The summed E-state index contributed by atoms with van der Waals surface area (Å²) < 4.78 is 100. The summed E-state index contributed by atoms with van der Waals surface area (Å²) >= 11 is 34.7. The molecule has 24 aliphatic rings. The maximum atomic E-state index is 12.6. The van der Waals surface area contributed by atoms with Crippen molar-refractivity contribution in [2.24, 2.45) is 71.0 Å². The first-order chi connectivity index (χ1) is 65.2. The van der Waals surface area contributed by atoms with Crippen molar-refractivity contribution in [1.29, 1.82) is 0 Å². The lowest BCUT2D eigenvalue weighted by molar-refractivity contribution is -0.236. The van der Waals surface area contributed by atoms with Crippen LogP contribution in [-0.2, 0) is 157 Å². The average molecular weight is 2070 g/mol. The van der Waals surface area contributed by atoms with Crippen LogP contribution < -0.4 is 0 Å². The monoisotopic (exact) mass is 2060 g/mol. The Bertz CT molecular complexity index is 4440. The van der Waals surface area contributed by atoms with Crippen molar-refractivity contribution < 1.29 is 157 Å². The molecular formula is C99H138Cl6O33. The number of carbonyl (C=O) groups excluding carboxylic acids is 15. The Morgan fingerprint density at radius 1 is 0.261 bits per heavy atom. The third kappa shape index (κ3) is 27.1. The van der Waals surface area contributed by atoms with Crippen molar-refractivity contribution in [2.45, 2.75) is 454 Å². The van der Waals surface area contributed by atoms with Crippen LogP contribution in [0.1, 0.15) is 314 Å². The van der Waals surface area contributed by atoms with Gasteiger partial charge in [-0.15, -0.1) is 69.6 Å². The lowest BCUT2D eigenvalue weighted by atomic mass is 9.65. The minimum atomic E-state index is -1.02. The van der Waals surface area contributed by atoms with Gasteiger partial charge < -0.3 is 85.3 Å². The van der Waals surface area contributed by atoms with Crippen molar-refractivity contribution in [2.75, 3.05) is 0 Å². The van der Waals surface area contributed by atoms with Crippen molar-refractivity contribution in [1.82, 2.24) is 0 Å². The van der Waals surface area contributed by atoms with Crippen molar-refractivity contribution >= 4 is 159 Å². The van der Waals surface area contributed by atoms with E-state index in [1.54, 1.807) is 55.4 Å². The topological polar surface area (TPSA) is 422 Å². The normalized spacial score (nSPS) is 37.7. The molecule has 0 aromatic heterocycles. The van der Waals surface area contributed by atoms with Crippen molar-refractivity contribution in [3.8, 4) is 0 Å². The fourth-order valence-electron chi connectivity index (χ4n) is 25.7. The number of carbonyl (C=O) groups is 15. The van der Waals surface area contributed by atoms with Crippen LogP contribution in [0, 0.1) is 71.0 Å². The number of hydrogen-bond donors (Lipinski definition) is 0. The summed E-state index contributed by atoms with van der Waals surface area (Å²) in [6.07, 6.45) is 19.6. The predicted molar refractivity (Wildman–Crippen MR) is 491 cm³/mol. The van der Waals surface area contributed by atoms with Gasteiger partial charge in [-0.25, -0.2) is 14.4 Å². The third-order valence-electron chi connectivity index (χ3n) is 30.8. The van der Waals surface area contributed by atoms with Gasteiger partial charge in [0.2, 0.25) is 18.9 Å². The second-order valence-corrected chi connectivity index (χ2v) is 46.0. The summed E-state index contributed by atoms with van der Waals surface area (Å²) in [7, 11) is 0. The minimum Gasteiger partial charge on any atom is -0.462 e. The lowest BCUT2D eigenvalue weighted by Crippen LogP contribution is -2.49. The minimum absolute atomic E-state index is 0.0566. The zero-order valence-corrected chi connectivity index (χ0v) is 85.6. The summed E-state index contributed by atoms with van der Waals surface area (Å²) in [6.45, 7) is 20.3. The second kappa shape index (κ2) is 45.9. The van der Waals surface area contributed by atoms with Gasteiger partial charge in [0.1, 0.15) is 85.7 Å². The molecule has 0 spiro atoms. The van der Waals surface area contributed by atoms with Crippen molar-refractivity contribution in [3.05, 3.63) is 0 Å². The molecule has 12 aliphatic heterocycles. The van der Waals surface area contributed by atoms with E-state index >= 15 is 0 Å². The fraction of sp³-hybridized carbons (Fsp3) is 0.848. The molecule has 36 atom stereocenters. The highest BCUT2D eigenvalue weighted by atomic mass is 35.5. The zero-order chi connectivity index (χ0) is 100. The number of rotatable bonds is 30. The lowest BCUT2D eigenvalue weighted by Gasteiger charge is -2.47. The van der Waals surface area contributed by atoms with Gasteiger partial charge in [-0.3, -0.25) is 57.5 Å².